The van der Waals surface area contributed by atoms with E-state index in [1.165, 1.54) is 18.1 Å². The first kappa shape index (κ1) is 15.8. The molecule has 0 unspecified atom stereocenters. The summed E-state index contributed by atoms with van der Waals surface area (Å²) in [5, 5.41) is 8.05. The highest BCUT2D eigenvalue weighted by molar-refractivity contribution is 7.99. The van der Waals surface area contributed by atoms with Gasteiger partial charge in [-0.15, -0.1) is 11.3 Å². The zero-order valence-corrected chi connectivity index (χ0v) is 13.9. The molecule has 7 nitrogen and oxygen atoms in total. The number of esters is 1. The van der Waals surface area contributed by atoms with Crippen LogP contribution in [0.2, 0.25) is 0 Å². The van der Waals surface area contributed by atoms with Crippen LogP contribution in [0.3, 0.4) is 0 Å². The van der Waals surface area contributed by atoms with E-state index in [4.69, 9.17) is 4.74 Å². The summed E-state index contributed by atoms with van der Waals surface area (Å²) in [6.07, 6.45) is 1.51. The molecule has 1 aliphatic rings. The van der Waals surface area contributed by atoms with Crippen molar-refractivity contribution in [3.05, 3.63) is 29.0 Å². The molecule has 0 saturated heterocycles. The number of ether oxygens (including phenoxy) is 1. The van der Waals surface area contributed by atoms with Crippen molar-refractivity contribution in [2.45, 2.75) is 11.9 Å². The minimum atomic E-state index is -0.417. The number of rotatable bonds is 5. The Kier molecular flexibility index (Phi) is 4.77. The molecule has 0 fully saturated rings. The highest BCUT2D eigenvalue weighted by Crippen LogP contribution is 2.30. The van der Waals surface area contributed by atoms with E-state index in [1.54, 1.807) is 18.3 Å². The van der Waals surface area contributed by atoms with E-state index in [0.717, 1.165) is 15.2 Å². The van der Waals surface area contributed by atoms with Gasteiger partial charge in [-0.25, -0.2) is 19.6 Å². The van der Waals surface area contributed by atoms with Gasteiger partial charge in [-0.1, -0.05) is 11.8 Å². The molecule has 23 heavy (non-hydrogen) atoms. The lowest BCUT2D eigenvalue weighted by Gasteiger charge is -2.21. The van der Waals surface area contributed by atoms with Gasteiger partial charge in [-0.05, 0) is 18.4 Å². The summed E-state index contributed by atoms with van der Waals surface area (Å²) >= 11 is 3.02. The van der Waals surface area contributed by atoms with Crippen LogP contribution in [-0.2, 0) is 9.53 Å². The standard InChI is InChI=1S/C14H14N4O3S2/c1-2-21-13(19)8-5-15-14(20)18-10(8)6-23-12-11-9(3-4-22-11)16-7-17-12/h3-4,7H,2,5-6H2,1H3,(H2,15,18,20). The van der Waals surface area contributed by atoms with E-state index in [1.807, 2.05) is 11.4 Å². The van der Waals surface area contributed by atoms with Crippen molar-refractivity contribution in [1.29, 1.82) is 0 Å². The number of hydrogen-bond donors (Lipinski definition) is 2. The van der Waals surface area contributed by atoms with Crippen molar-refractivity contribution in [3.8, 4) is 0 Å². The molecule has 0 aliphatic carbocycles. The Balaban J connectivity index is 1.82. The lowest BCUT2D eigenvalue weighted by molar-refractivity contribution is -0.138. The van der Waals surface area contributed by atoms with Crippen molar-refractivity contribution in [2.75, 3.05) is 18.9 Å². The van der Waals surface area contributed by atoms with Gasteiger partial charge in [-0.3, -0.25) is 0 Å². The highest BCUT2D eigenvalue weighted by Gasteiger charge is 2.23. The van der Waals surface area contributed by atoms with Gasteiger partial charge >= 0.3 is 12.0 Å². The second kappa shape index (κ2) is 6.97. The Bertz CT molecular complexity index is 787. The lowest BCUT2D eigenvalue weighted by Crippen LogP contribution is -2.44. The Morgan fingerprint density at radius 3 is 3.17 bits per heavy atom. The van der Waals surface area contributed by atoms with Gasteiger partial charge in [0, 0.05) is 11.4 Å². The van der Waals surface area contributed by atoms with E-state index >= 15 is 0 Å². The molecule has 0 saturated carbocycles. The first-order valence-corrected chi connectivity index (χ1v) is 8.80. The molecular formula is C14H14N4O3S2. The SMILES string of the molecule is CCOC(=O)C1=C(CSc2ncnc3ccsc23)NC(=O)NC1. The summed E-state index contributed by atoms with van der Waals surface area (Å²) in [7, 11) is 0. The van der Waals surface area contributed by atoms with E-state index in [9.17, 15) is 9.59 Å². The molecule has 120 valence electrons. The van der Waals surface area contributed by atoms with Crippen LogP contribution < -0.4 is 10.6 Å². The average molecular weight is 350 g/mol. The molecule has 0 atom stereocenters. The number of carbonyl (C=O) groups is 2. The van der Waals surface area contributed by atoms with Crippen molar-refractivity contribution < 1.29 is 14.3 Å². The zero-order valence-electron chi connectivity index (χ0n) is 12.3. The highest BCUT2D eigenvalue weighted by atomic mass is 32.2. The molecule has 1 aliphatic heterocycles. The monoisotopic (exact) mass is 350 g/mol. The molecular weight excluding hydrogens is 336 g/mol. The number of hydrogen-bond acceptors (Lipinski definition) is 7. The molecule has 0 bridgehead atoms. The molecule has 2 aromatic heterocycles. The summed E-state index contributed by atoms with van der Waals surface area (Å²) in [6.45, 7) is 2.20. The number of amides is 2. The van der Waals surface area contributed by atoms with Crippen LogP contribution in [-0.4, -0.2) is 40.9 Å². The minimum Gasteiger partial charge on any atom is -0.463 e. The third-order valence-electron chi connectivity index (χ3n) is 3.14. The van der Waals surface area contributed by atoms with Crippen LogP contribution in [0.25, 0.3) is 10.2 Å². The number of thioether (sulfide) groups is 1. The first-order valence-electron chi connectivity index (χ1n) is 6.94. The smallest absolute Gasteiger partial charge is 0.337 e. The largest absolute Gasteiger partial charge is 0.463 e. The summed E-state index contributed by atoms with van der Waals surface area (Å²) < 4.78 is 6.03. The molecule has 2 aromatic rings. The fourth-order valence-electron chi connectivity index (χ4n) is 2.08. The van der Waals surface area contributed by atoms with E-state index in [-0.39, 0.29) is 12.6 Å². The van der Waals surface area contributed by atoms with Crippen LogP contribution in [0.15, 0.2) is 34.1 Å². The molecule has 3 rings (SSSR count). The number of nitrogens with zero attached hydrogens (tertiary/aromatic N) is 2. The number of fused-ring (bicyclic) bond motifs is 1. The van der Waals surface area contributed by atoms with Gasteiger partial charge < -0.3 is 15.4 Å². The van der Waals surface area contributed by atoms with Crippen LogP contribution >= 0.6 is 23.1 Å². The number of urea groups is 1. The Morgan fingerprint density at radius 2 is 2.35 bits per heavy atom. The molecule has 0 radical (unpaired) electrons. The van der Waals surface area contributed by atoms with Gasteiger partial charge in [0.2, 0.25) is 0 Å². The number of thiophene rings is 1. The predicted octanol–water partition coefficient (Wildman–Crippen LogP) is 1.91. The zero-order chi connectivity index (χ0) is 16.2. The van der Waals surface area contributed by atoms with Crippen molar-refractivity contribution >= 4 is 45.3 Å². The lowest BCUT2D eigenvalue weighted by atomic mass is 10.2. The summed E-state index contributed by atoms with van der Waals surface area (Å²) in [5.41, 5.74) is 1.89. The molecule has 3 heterocycles. The average Bonchev–Trinajstić information content (AvgIpc) is 3.02. The molecule has 2 N–H and O–H groups in total. The van der Waals surface area contributed by atoms with E-state index in [0.29, 0.717) is 23.6 Å². The normalized spacial score (nSPS) is 14.6. The van der Waals surface area contributed by atoms with Gasteiger partial charge in [-0.2, -0.15) is 0 Å². The second-order valence-corrected chi connectivity index (χ2v) is 6.47. The predicted molar refractivity (Wildman–Crippen MR) is 88.3 cm³/mol. The first-order chi connectivity index (χ1) is 11.2. The Morgan fingerprint density at radius 1 is 1.48 bits per heavy atom. The maximum absolute atomic E-state index is 12.0. The molecule has 9 heteroatoms. The van der Waals surface area contributed by atoms with Crippen LogP contribution in [0.1, 0.15) is 6.92 Å². The van der Waals surface area contributed by atoms with Crippen molar-refractivity contribution in [1.82, 2.24) is 20.6 Å². The third kappa shape index (κ3) is 3.45. The summed E-state index contributed by atoms with van der Waals surface area (Å²) in [5.74, 6) is 0.00513. The maximum atomic E-state index is 12.0. The van der Waals surface area contributed by atoms with Crippen LogP contribution in [0.4, 0.5) is 4.79 Å². The van der Waals surface area contributed by atoms with Crippen LogP contribution in [0, 0.1) is 0 Å². The number of carbonyl (C=O) groups excluding carboxylic acids is 2. The fourth-order valence-corrected chi connectivity index (χ4v) is 4.01. The van der Waals surface area contributed by atoms with Crippen molar-refractivity contribution in [2.24, 2.45) is 0 Å². The Hall–Kier alpha value is -2.13. The molecule has 2 amide bonds. The van der Waals surface area contributed by atoms with Gasteiger partial charge in [0.1, 0.15) is 11.4 Å². The quantitative estimate of drug-likeness (QED) is 0.486. The van der Waals surface area contributed by atoms with Crippen LogP contribution in [0.5, 0.6) is 0 Å². The van der Waals surface area contributed by atoms with Crippen molar-refractivity contribution in [3.63, 3.8) is 0 Å². The molecule has 0 spiro atoms. The van der Waals surface area contributed by atoms with E-state index < -0.39 is 5.97 Å². The number of nitrogens with one attached hydrogen (secondary N) is 2. The van der Waals surface area contributed by atoms with Gasteiger partial charge in [0.25, 0.3) is 0 Å². The van der Waals surface area contributed by atoms with Gasteiger partial charge in [0.05, 0.1) is 28.9 Å². The number of aromatic nitrogens is 2. The maximum Gasteiger partial charge on any atom is 0.337 e. The fraction of sp³-hybridized carbons (Fsp3) is 0.286. The van der Waals surface area contributed by atoms with Gasteiger partial charge in [0.15, 0.2) is 0 Å². The second-order valence-electron chi connectivity index (χ2n) is 4.59. The van der Waals surface area contributed by atoms with E-state index in [2.05, 4.69) is 20.6 Å². The third-order valence-corrected chi connectivity index (χ3v) is 5.20. The summed E-state index contributed by atoms with van der Waals surface area (Å²) in [6, 6.07) is 1.61. The topological polar surface area (TPSA) is 93.2 Å². The minimum absolute atomic E-state index is 0.165. The Labute approximate surface area is 140 Å². The summed E-state index contributed by atoms with van der Waals surface area (Å²) in [4.78, 5) is 32.0. The molecule has 0 aromatic carbocycles.